The van der Waals surface area contributed by atoms with E-state index in [4.69, 9.17) is 5.73 Å². The molecule has 0 aliphatic rings. The first kappa shape index (κ1) is 18.4. The second-order valence-corrected chi connectivity index (χ2v) is 6.86. The maximum absolute atomic E-state index is 12.2. The number of rotatable bonds is 8. The first-order chi connectivity index (χ1) is 8.65. The molecule has 0 spiro atoms. The van der Waals surface area contributed by atoms with Crippen molar-refractivity contribution in [1.82, 2.24) is 9.80 Å². The zero-order chi connectivity index (χ0) is 15.1. The molecule has 0 saturated heterocycles. The minimum atomic E-state index is -0.0320. The van der Waals surface area contributed by atoms with Gasteiger partial charge in [-0.25, -0.2) is 0 Å². The highest BCUT2D eigenvalue weighted by molar-refractivity contribution is 5.76. The van der Waals surface area contributed by atoms with Crippen LogP contribution in [-0.2, 0) is 4.79 Å². The van der Waals surface area contributed by atoms with Crippen molar-refractivity contribution in [3.8, 4) is 0 Å². The van der Waals surface area contributed by atoms with Gasteiger partial charge in [0.2, 0.25) is 5.91 Å². The van der Waals surface area contributed by atoms with Gasteiger partial charge in [0, 0.05) is 25.6 Å². The van der Waals surface area contributed by atoms with E-state index in [1.54, 1.807) is 0 Å². The Kier molecular flexibility index (Phi) is 8.26. The van der Waals surface area contributed by atoms with E-state index in [9.17, 15) is 4.79 Å². The first-order valence-electron chi connectivity index (χ1n) is 7.33. The lowest BCUT2D eigenvalue weighted by Crippen LogP contribution is -2.38. The van der Waals surface area contributed by atoms with Crippen molar-refractivity contribution in [1.29, 1.82) is 0 Å². The number of nitrogens with zero attached hydrogens (tertiary/aromatic N) is 2. The topological polar surface area (TPSA) is 49.6 Å². The summed E-state index contributed by atoms with van der Waals surface area (Å²) < 4.78 is 0. The highest BCUT2D eigenvalue weighted by Gasteiger charge is 2.20. The molecule has 1 atom stereocenters. The summed E-state index contributed by atoms with van der Waals surface area (Å²) >= 11 is 0. The summed E-state index contributed by atoms with van der Waals surface area (Å²) in [6.45, 7) is 11.1. The molecule has 0 aromatic heterocycles. The van der Waals surface area contributed by atoms with Crippen molar-refractivity contribution in [3.63, 3.8) is 0 Å². The van der Waals surface area contributed by atoms with E-state index in [-0.39, 0.29) is 17.4 Å². The Morgan fingerprint density at radius 1 is 1.21 bits per heavy atom. The minimum absolute atomic E-state index is 0.0320. The van der Waals surface area contributed by atoms with Crippen LogP contribution < -0.4 is 5.73 Å². The predicted octanol–water partition coefficient (Wildman–Crippen LogP) is 1.94. The SMILES string of the molecule is CCN(CCCN(C)C)C(=O)CC(N)CC(C)(C)C. The summed E-state index contributed by atoms with van der Waals surface area (Å²) in [5, 5.41) is 0. The van der Waals surface area contributed by atoms with Crippen LogP contribution in [0.5, 0.6) is 0 Å². The van der Waals surface area contributed by atoms with E-state index in [1.165, 1.54) is 0 Å². The zero-order valence-corrected chi connectivity index (χ0v) is 13.7. The quantitative estimate of drug-likeness (QED) is 0.734. The highest BCUT2D eigenvalue weighted by Crippen LogP contribution is 2.21. The van der Waals surface area contributed by atoms with Crippen LogP contribution in [0.2, 0.25) is 0 Å². The van der Waals surface area contributed by atoms with Crippen LogP contribution in [0.4, 0.5) is 0 Å². The molecule has 0 fully saturated rings. The minimum Gasteiger partial charge on any atom is -0.343 e. The fraction of sp³-hybridized carbons (Fsp3) is 0.933. The van der Waals surface area contributed by atoms with E-state index in [1.807, 2.05) is 11.8 Å². The molecule has 0 aliphatic carbocycles. The highest BCUT2D eigenvalue weighted by atomic mass is 16.2. The third-order valence-electron chi connectivity index (χ3n) is 3.08. The van der Waals surface area contributed by atoms with Crippen molar-refractivity contribution < 1.29 is 4.79 Å². The molecule has 4 nitrogen and oxygen atoms in total. The predicted molar refractivity (Wildman–Crippen MR) is 82.1 cm³/mol. The second-order valence-electron chi connectivity index (χ2n) is 6.86. The van der Waals surface area contributed by atoms with E-state index in [0.717, 1.165) is 32.5 Å². The molecule has 0 heterocycles. The van der Waals surface area contributed by atoms with Crippen LogP contribution in [0.15, 0.2) is 0 Å². The van der Waals surface area contributed by atoms with Gasteiger partial charge in [-0.15, -0.1) is 0 Å². The summed E-state index contributed by atoms with van der Waals surface area (Å²) in [4.78, 5) is 16.2. The number of amides is 1. The summed E-state index contributed by atoms with van der Waals surface area (Å²) in [5.74, 6) is 0.193. The Bertz CT molecular complexity index is 259. The molecule has 0 aliphatic heterocycles. The van der Waals surface area contributed by atoms with Crippen molar-refractivity contribution in [2.24, 2.45) is 11.1 Å². The molecule has 1 amide bonds. The van der Waals surface area contributed by atoms with E-state index >= 15 is 0 Å². The Balaban J connectivity index is 4.13. The standard InChI is InChI=1S/C15H33N3O/c1-7-18(10-8-9-17(5)6)14(19)11-13(16)12-15(2,3)4/h13H,7-12,16H2,1-6H3. The lowest BCUT2D eigenvalue weighted by molar-refractivity contribution is -0.131. The monoisotopic (exact) mass is 271 g/mol. The van der Waals surface area contributed by atoms with Gasteiger partial charge in [-0.2, -0.15) is 0 Å². The molecule has 0 bridgehead atoms. The Morgan fingerprint density at radius 3 is 2.21 bits per heavy atom. The number of hydrogen-bond donors (Lipinski definition) is 1. The summed E-state index contributed by atoms with van der Waals surface area (Å²) in [7, 11) is 4.11. The van der Waals surface area contributed by atoms with Gasteiger partial charge >= 0.3 is 0 Å². The lowest BCUT2D eigenvalue weighted by Gasteiger charge is -2.26. The molecule has 19 heavy (non-hydrogen) atoms. The van der Waals surface area contributed by atoms with Crippen LogP contribution in [-0.4, -0.2) is 55.5 Å². The molecule has 0 rings (SSSR count). The fourth-order valence-corrected chi connectivity index (χ4v) is 2.25. The first-order valence-corrected chi connectivity index (χ1v) is 7.33. The molecule has 2 N–H and O–H groups in total. The second kappa shape index (κ2) is 8.54. The van der Waals surface area contributed by atoms with Crippen molar-refractivity contribution in [3.05, 3.63) is 0 Å². The molecular formula is C15H33N3O. The number of hydrogen-bond acceptors (Lipinski definition) is 3. The van der Waals surface area contributed by atoms with Crippen molar-refractivity contribution >= 4 is 5.91 Å². The summed E-state index contributed by atoms with van der Waals surface area (Å²) in [6, 6.07) is -0.0320. The van der Waals surface area contributed by atoms with Crippen LogP contribution in [0, 0.1) is 5.41 Å². The van der Waals surface area contributed by atoms with Crippen molar-refractivity contribution in [2.45, 2.75) is 53.0 Å². The van der Waals surface area contributed by atoms with Gasteiger partial charge in [-0.1, -0.05) is 20.8 Å². The zero-order valence-electron chi connectivity index (χ0n) is 13.7. The number of carbonyl (C=O) groups excluding carboxylic acids is 1. The molecule has 114 valence electrons. The van der Waals surface area contributed by atoms with Gasteiger partial charge in [0.05, 0.1) is 0 Å². The molecule has 1 unspecified atom stereocenters. The molecular weight excluding hydrogens is 238 g/mol. The van der Waals surface area contributed by atoms with Gasteiger partial charge in [0.1, 0.15) is 0 Å². The van der Waals surface area contributed by atoms with Crippen molar-refractivity contribution in [2.75, 3.05) is 33.7 Å². The van der Waals surface area contributed by atoms with Crippen LogP contribution >= 0.6 is 0 Å². The van der Waals surface area contributed by atoms with Crippen LogP contribution in [0.25, 0.3) is 0 Å². The molecule has 0 saturated carbocycles. The Morgan fingerprint density at radius 2 is 1.79 bits per heavy atom. The summed E-state index contributed by atoms with van der Waals surface area (Å²) in [6.07, 6.45) is 2.36. The largest absolute Gasteiger partial charge is 0.343 e. The molecule has 0 radical (unpaired) electrons. The van der Waals surface area contributed by atoms with Crippen LogP contribution in [0.3, 0.4) is 0 Å². The van der Waals surface area contributed by atoms with Gasteiger partial charge in [-0.3, -0.25) is 4.79 Å². The molecule has 0 aromatic rings. The van der Waals surface area contributed by atoms with Crippen LogP contribution in [0.1, 0.15) is 47.0 Å². The van der Waals surface area contributed by atoms with E-state index < -0.39 is 0 Å². The van der Waals surface area contributed by atoms with E-state index in [0.29, 0.717) is 6.42 Å². The molecule has 4 heteroatoms. The average molecular weight is 271 g/mol. The number of carbonyl (C=O) groups is 1. The third kappa shape index (κ3) is 9.91. The fourth-order valence-electron chi connectivity index (χ4n) is 2.25. The maximum Gasteiger partial charge on any atom is 0.224 e. The summed E-state index contributed by atoms with van der Waals surface area (Å²) in [5.41, 5.74) is 6.26. The smallest absolute Gasteiger partial charge is 0.224 e. The maximum atomic E-state index is 12.2. The van der Waals surface area contributed by atoms with Gasteiger partial charge in [-0.05, 0) is 45.8 Å². The van der Waals surface area contributed by atoms with Gasteiger partial charge < -0.3 is 15.5 Å². The van der Waals surface area contributed by atoms with Gasteiger partial charge in [0.25, 0.3) is 0 Å². The van der Waals surface area contributed by atoms with Gasteiger partial charge in [0.15, 0.2) is 0 Å². The Labute approximate surface area is 119 Å². The average Bonchev–Trinajstić information content (AvgIpc) is 2.20. The lowest BCUT2D eigenvalue weighted by atomic mass is 9.87. The Hall–Kier alpha value is -0.610. The normalized spacial score (nSPS) is 13.7. The molecule has 0 aromatic carbocycles. The third-order valence-corrected chi connectivity index (χ3v) is 3.08. The number of nitrogens with two attached hydrogens (primary N) is 1. The van der Waals surface area contributed by atoms with E-state index in [2.05, 4.69) is 39.8 Å².